The molecule has 0 saturated heterocycles. The SMILES string of the molecule is O=S(=O)(Nc1ccn(Cc2c(F)cccc2Cl)n1)c1ccccc1. The molecule has 0 spiro atoms. The number of sulfonamides is 1. The van der Waals surface area contributed by atoms with E-state index in [1.54, 1.807) is 30.5 Å². The van der Waals surface area contributed by atoms with Crippen LogP contribution in [0.4, 0.5) is 10.2 Å². The van der Waals surface area contributed by atoms with Crippen LogP contribution in [0.1, 0.15) is 5.56 Å². The van der Waals surface area contributed by atoms with Crippen LogP contribution >= 0.6 is 11.6 Å². The predicted molar refractivity (Wildman–Crippen MR) is 90.0 cm³/mol. The van der Waals surface area contributed by atoms with Crippen LogP contribution in [0.5, 0.6) is 0 Å². The maximum absolute atomic E-state index is 13.8. The Morgan fingerprint density at radius 3 is 2.54 bits per heavy atom. The molecule has 3 aromatic rings. The molecule has 0 bridgehead atoms. The summed E-state index contributed by atoms with van der Waals surface area (Å²) in [4.78, 5) is 0.136. The number of nitrogens with zero attached hydrogens (tertiary/aromatic N) is 2. The van der Waals surface area contributed by atoms with Crippen LogP contribution in [0.2, 0.25) is 5.02 Å². The van der Waals surface area contributed by atoms with Crippen molar-refractivity contribution >= 4 is 27.4 Å². The second-order valence-corrected chi connectivity index (χ2v) is 7.11. The average molecular weight is 366 g/mol. The molecule has 1 aromatic heterocycles. The molecule has 3 rings (SSSR count). The van der Waals surface area contributed by atoms with E-state index < -0.39 is 15.8 Å². The second-order valence-electron chi connectivity index (χ2n) is 5.02. The molecule has 1 heterocycles. The minimum absolute atomic E-state index is 0.0958. The van der Waals surface area contributed by atoms with E-state index in [4.69, 9.17) is 11.6 Å². The van der Waals surface area contributed by atoms with E-state index in [1.807, 2.05) is 0 Å². The summed E-state index contributed by atoms with van der Waals surface area (Å²) in [7, 11) is -3.72. The normalized spacial score (nSPS) is 11.4. The molecule has 0 unspecified atom stereocenters. The minimum Gasteiger partial charge on any atom is -0.266 e. The van der Waals surface area contributed by atoms with Crippen LogP contribution in [0.15, 0.2) is 65.7 Å². The Bertz CT molecular complexity index is 938. The fraction of sp³-hybridized carbons (Fsp3) is 0.0625. The van der Waals surface area contributed by atoms with Crippen LogP contribution in [-0.2, 0) is 16.6 Å². The molecule has 8 heteroatoms. The molecule has 0 aliphatic heterocycles. The molecule has 2 aromatic carbocycles. The Morgan fingerprint density at radius 2 is 1.83 bits per heavy atom. The van der Waals surface area contributed by atoms with Crippen molar-refractivity contribution in [3.8, 4) is 0 Å². The summed E-state index contributed by atoms with van der Waals surface area (Å²) in [5, 5.41) is 4.39. The van der Waals surface area contributed by atoms with Crippen LogP contribution < -0.4 is 4.72 Å². The molecule has 5 nitrogen and oxygen atoms in total. The highest BCUT2D eigenvalue weighted by atomic mass is 35.5. The third kappa shape index (κ3) is 3.58. The van der Waals surface area contributed by atoms with Crippen LogP contribution in [-0.4, -0.2) is 18.2 Å². The maximum Gasteiger partial charge on any atom is 0.263 e. The molecule has 0 fully saturated rings. The first-order chi connectivity index (χ1) is 11.5. The summed E-state index contributed by atoms with van der Waals surface area (Å²) in [6.07, 6.45) is 1.55. The number of anilines is 1. The molecule has 0 radical (unpaired) electrons. The molecule has 0 aliphatic rings. The molecule has 0 amide bonds. The van der Waals surface area contributed by atoms with Gasteiger partial charge in [-0.1, -0.05) is 35.9 Å². The van der Waals surface area contributed by atoms with Gasteiger partial charge in [0.25, 0.3) is 10.0 Å². The summed E-state index contributed by atoms with van der Waals surface area (Å²) in [6.45, 7) is 0.0958. The Hall–Kier alpha value is -2.38. The Kier molecular flexibility index (Phi) is 4.55. The van der Waals surface area contributed by atoms with E-state index in [0.29, 0.717) is 5.56 Å². The van der Waals surface area contributed by atoms with Gasteiger partial charge in [0.1, 0.15) is 5.82 Å². The first-order valence-corrected chi connectivity index (χ1v) is 8.86. The molecular formula is C16H13ClFN3O2S. The van der Waals surface area contributed by atoms with Crippen molar-refractivity contribution in [1.29, 1.82) is 0 Å². The maximum atomic E-state index is 13.8. The van der Waals surface area contributed by atoms with Gasteiger partial charge in [0.15, 0.2) is 5.82 Å². The van der Waals surface area contributed by atoms with E-state index in [9.17, 15) is 12.8 Å². The quantitative estimate of drug-likeness (QED) is 0.752. The van der Waals surface area contributed by atoms with Gasteiger partial charge >= 0.3 is 0 Å². The molecule has 24 heavy (non-hydrogen) atoms. The molecule has 124 valence electrons. The topological polar surface area (TPSA) is 64.0 Å². The highest BCUT2D eigenvalue weighted by Gasteiger charge is 2.15. The average Bonchev–Trinajstić information content (AvgIpc) is 2.98. The Morgan fingerprint density at radius 1 is 1.08 bits per heavy atom. The third-order valence-electron chi connectivity index (χ3n) is 3.31. The zero-order chi connectivity index (χ0) is 17.2. The van der Waals surface area contributed by atoms with Crippen LogP contribution in [0, 0.1) is 5.82 Å². The fourth-order valence-corrected chi connectivity index (χ4v) is 3.39. The van der Waals surface area contributed by atoms with Gasteiger partial charge in [-0.3, -0.25) is 9.40 Å². The van der Waals surface area contributed by atoms with Crippen molar-refractivity contribution < 1.29 is 12.8 Å². The second kappa shape index (κ2) is 6.62. The van der Waals surface area contributed by atoms with Gasteiger partial charge in [0.05, 0.1) is 11.4 Å². The van der Waals surface area contributed by atoms with Gasteiger partial charge in [-0.2, -0.15) is 5.10 Å². The van der Waals surface area contributed by atoms with Gasteiger partial charge in [0.2, 0.25) is 0 Å². The summed E-state index contributed by atoms with van der Waals surface area (Å²) in [5.74, 6) is -0.296. The summed E-state index contributed by atoms with van der Waals surface area (Å²) in [5.41, 5.74) is 0.291. The van der Waals surface area contributed by atoms with E-state index in [0.717, 1.165) is 0 Å². The number of rotatable bonds is 5. The summed E-state index contributed by atoms with van der Waals surface area (Å²) < 4.78 is 42.1. The van der Waals surface area contributed by atoms with E-state index in [-0.39, 0.29) is 22.3 Å². The number of aromatic nitrogens is 2. The first kappa shape index (κ1) is 16.5. The van der Waals surface area contributed by atoms with Crippen molar-refractivity contribution in [2.45, 2.75) is 11.4 Å². The fourth-order valence-electron chi connectivity index (χ4n) is 2.15. The van der Waals surface area contributed by atoms with E-state index >= 15 is 0 Å². The van der Waals surface area contributed by atoms with Crippen molar-refractivity contribution in [2.24, 2.45) is 0 Å². The number of nitrogens with one attached hydrogen (secondary N) is 1. The lowest BCUT2D eigenvalue weighted by atomic mass is 10.2. The van der Waals surface area contributed by atoms with Gasteiger partial charge in [0, 0.05) is 22.8 Å². The lowest BCUT2D eigenvalue weighted by Crippen LogP contribution is -2.13. The standard InChI is InChI=1S/C16H13ClFN3O2S/c17-14-7-4-8-15(18)13(14)11-21-10-9-16(19-21)20-24(22,23)12-5-2-1-3-6-12/h1-10H,11H2,(H,19,20). The molecule has 0 atom stereocenters. The highest BCUT2D eigenvalue weighted by molar-refractivity contribution is 7.92. The number of halogens is 2. The Labute approximate surface area is 143 Å². The van der Waals surface area contributed by atoms with Crippen LogP contribution in [0.3, 0.4) is 0 Å². The third-order valence-corrected chi connectivity index (χ3v) is 5.04. The zero-order valence-electron chi connectivity index (χ0n) is 12.4. The lowest BCUT2D eigenvalue weighted by Gasteiger charge is -2.07. The van der Waals surface area contributed by atoms with Crippen molar-refractivity contribution in [3.63, 3.8) is 0 Å². The van der Waals surface area contributed by atoms with Crippen molar-refractivity contribution in [3.05, 3.63) is 77.2 Å². The largest absolute Gasteiger partial charge is 0.266 e. The molecular weight excluding hydrogens is 353 g/mol. The predicted octanol–water partition coefficient (Wildman–Crippen LogP) is 3.52. The lowest BCUT2D eigenvalue weighted by molar-refractivity contribution is 0.585. The van der Waals surface area contributed by atoms with E-state index in [2.05, 4.69) is 9.82 Å². The zero-order valence-corrected chi connectivity index (χ0v) is 13.9. The minimum atomic E-state index is -3.72. The van der Waals surface area contributed by atoms with Crippen molar-refractivity contribution in [2.75, 3.05) is 4.72 Å². The molecule has 0 aliphatic carbocycles. The van der Waals surface area contributed by atoms with Crippen molar-refractivity contribution in [1.82, 2.24) is 9.78 Å². The highest BCUT2D eigenvalue weighted by Crippen LogP contribution is 2.20. The first-order valence-electron chi connectivity index (χ1n) is 7.00. The Balaban J connectivity index is 1.79. The van der Waals surface area contributed by atoms with Gasteiger partial charge in [-0.25, -0.2) is 12.8 Å². The molecule has 0 saturated carbocycles. The monoisotopic (exact) mass is 365 g/mol. The number of benzene rings is 2. The summed E-state index contributed by atoms with van der Waals surface area (Å²) >= 11 is 5.98. The van der Waals surface area contributed by atoms with Crippen LogP contribution in [0.25, 0.3) is 0 Å². The van der Waals surface area contributed by atoms with E-state index in [1.165, 1.54) is 35.0 Å². The number of hydrogen-bond acceptors (Lipinski definition) is 3. The van der Waals surface area contributed by atoms with Gasteiger partial charge in [-0.15, -0.1) is 0 Å². The summed E-state index contributed by atoms with van der Waals surface area (Å²) in [6, 6.07) is 13.9. The smallest absolute Gasteiger partial charge is 0.263 e. The number of hydrogen-bond donors (Lipinski definition) is 1. The van der Waals surface area contributed by atoms with Gasteiger partial charge < -0.3 is 0 Å². The van der Waals surface area contributed by atoms with Gasteiger partial charge in [-0.05, 0) is 24.3 Å². The molecule has 1 N–H and O–H groups in total.